The number of piperidine rings is 1. The molecule has 134 valence electrons. The highest BCUT2D eigenvalue weighted by Crippen LogP contribution is 2.42. The molecule has 0 aromatic heterocycles. The summed E-state index contributed by atoms with van der Waals surface area (Å²) in [5.41, 5.74) is -0.00599. The van der Waals surface area contributed by atoms with Gasteiger partial charge in [-0.25, -0.2) is 0 Å². The number of nitrogens with zero attached hydrogens (tertiary/aromatic N) is 1. The topological polar surface area (TPSA) is 61.8 Å². The Labute approximate surface area is 145 Å². The highest BCUT2D eigenvalue weighted by Gasteiger charge is 2.55. The van der Waals surface area contributed by atoms with Crippen LogP contribution in [-0.4, -0.2) is 40.5 Å². The van der Waals surface area contributed by atoms with Crippen LogP contribution in [0.15, 0.2) is 30.3 Å². The number of carbonyl (C=O) groups is 1. The van der Waals surface area contributed by atoms with Crippen LogP contribution in [-0.2, 0) is 9.53 Å². The molecule has 0 spiro atoms. The average molecular weight is 334 g/mol. The van der Waals surface area contributed by atoms with Gasteiger partial charge >= 0.3 is 5.97 Å². The standard InChI is InChI=1S/C19H30N2O3/c1-13(14-10-8-7-9-11-14)20-15-12-18(2,3)21(23)19(4,5)16(15)17(22)24-6/h7-11,13,15-16,20,23H,12H2,1-6H3/t13-,15+,16-/m0/s1. The van der Waals surface area contributed by atoms with E-state index in [1.807, 2.05) is 45.9 Å². The molecule has 1 aliphatic rings. The number of carbonyl (C=O) groups excluding carboxylic acids is 1. The monoisotopic (exact) mass is 334 g/mol. The maximum absolute atomic E-state index is 12.5. The number of hydrogen-bond acceptors (Lipinski definition) is 5. The van der Waals surface area contributed by atoms with Crippen LogP contribution in [0.25, 0.3) is 0 Å². The van der Waals surface area contributed by atoms with Gasteiger partial charge in [0.15, 0.2) is 0 Å². The summed E-state index contributed by atoms with van der Waals surface area (Å²) in [6.07, 6.45) is 0.643. The Morgan fingerprint density at radius 2 is 1.88 bits per heavy atom. The minimum atomic E-state index is -0.733. The minimum Gasteiger partial charge on any atom is -0.469 e. The van der Waals surface area contributed by atoms with Gasteiger partial charge in [0.05, 0.1) is 18.6 Å². The van der Waals surface area contributed by atoms with Gasteiger partial charge in [0.2, 0.25) is 0 Å². The van der Waals surface area contributed by atoms with Gasteiger partial charge in [-0.05, 0) is 46.6 Å². The van der Waals surface area contributed by atoms with Crippen molar-refractivity contribution in [3.63, 3.8) is 0 Å². The molecule has 1 aromatic rings. The number of hydrogen-bond donors (Lipinski definition) is 2. The van der Waals surface area contributed by atoms with Crippen molar-refractivity contribution in [3.8, 4) is 0 Å². The molecule has 1 fully saturated rings. The molecule has 1 aromatic carbocycles. The Hall–Kier alpha value is -1.43. The van der Waals surface area contributed by atoms with Gasteiger partial charge in [0.25, 0.3) is 0 Å². The third-order valence-electron chi connectivity index (χ3n) is 5.22. The fraction of sp³-hybridized carbons (Fsp3) is 0.632. The molecule has 1 saturated heterocycles. The Morgan fingerprint density at radius 1 is 1.29 bits per heavy atom. The van der Waals surface area contributed by atoms with Crippen molar-refractivity contribution < 1.29 is 14.7 Å². The summed E-state index contributed by atoms with van der Waals surface area (Å²) in [4.78, 5) is 12.5. The summed E-state index contributed by atoms with van der Waals surface area (Å²) in [6, 6.07) is 10.2. The predicted molar refractivity (Wildman–Crippen MR) is 93.7 cm³/mol. The molecule has 0 amide bonds. The second-order valence-corrected chi connectivity index (χ2v) is 7.89. The van der Waals surface area contributed by atoms with E-state index in [2.05, 4.69) is 24.4 Å². The maximum atomic E-state index is 12.5. The van der Waals surface area contributed by atoms with Gasteiger partial charge in [-0.15, -0.1) is 0 Å². The van der Waals surface area contributed by atoms with Gasteiger partial charge in [-0.2, -0.15) is 5.06 Å². The fourth-order valence-electron chi connectivity index (χ4n) is 4.04. The Bertz CT molecular complexity index is 571. The SMILES string of the molecule is COC(=O)[C@@H]1[C@H](N[C@@H](C)c2ccccc2)CC(C)(C)N(O)C1(C)C. The third-order valence-corrected chi connectivity index (χ3v) is 5.22. The van der Waals surface area contributed by atoms with Gasteiger partial charge in [-0.1, -0.05) is 30.3 Å². The summed E-state index contributed by atoms with van der Waals surface area (Å²) in [7, 11) is 1.40. The number of esters is 1. The van der Waals surface area contributed by atoms with Crippen molar-refractivity contribution in [1.82, 2.24) is 10.4 Å². The molecule has 0 saturated carbocycles. The van der Waals surface area contributed by atoms with Gasteiger partial charge < -0.3 is 15.3 Å². The van der Waals surface area contributed by atoms with Crippen molar-refractivity contribution in [3.05, 3.63) is 35.9 Å². The van der Waals surface area contributed by atoms with E-state index in [1.54, 1.807) is 0 Å². The summed E-state index contributed by atoms with van der Waals surface area (Å²) < 4.78 is 5.04. The molecule has 1 aliphatic heterocycles. The van der Waals surface area contributed by atoms with Crippen LogP contribution in [0.5, 0.6) is 0 Å². The van der Waals surface area contributed by atoms with Gasteiger partial charge in [0, 0.05) is 17.6 Å². The lowest BCUT2D eigenvalue weighted by atomic mass is 9.70. The fourth-order valence-corrected chi connectivity index (χ4v) is 4.04. The number of benzene rings is 1. The lowest BCUT2D eigenvalue weighted by molar-refractivity contribution is -0.265. The van der Waals surface area contributed by atoms with E-state index in [0.717, 1.165) is 0 Å². The van der Waals surface area contributed by atoms with Crippen molar-refractivity contribution in [2.75, 3.05) is 7.11 Å². The van der Waals surface area contributed by atoms with Crippen molar-refractivity contribution in [2.45, 2.75) is 64.2 Å². The van der Waals surface area contributed by atoms with E-state index in [-0.39, 0.29) is 18.1 Å². The van der Waals surface area contributed by atoms with Crippen LogP contribution in [0.2, 0.25) is 0 Å². The molecular weight excluding hydrogens is 304 g/mol. The normalized spacial score (nSPS) is 27.5. The van der Waals surface area contributed by atoms with Gasteiger partial charge in [0.1, 0.15) is 0 Å². The van der Waals surface area contributed by atoms with Crippen LogP contribution < -0.4 is 5.32 Å². The first-order valence-electron chi connectivity index (χ1n) is 8.49. The predicted octanol–water partition coefficient (Wildman–Crippen LogP) is 3.15. The number of methoxy groups -OCH3 is 1. The highest BCUT2D eigenvalue weighted by molar-refractivity contribution is 5.75. The zero-order valence-electron chi connectivity index (χ0n) is 15.5. The van der Waals surface area contributed by atoms with E-state index in [9.17, 15) is 10.0 Å². The first kappa shape index (κ1) is 18.9. The summed E-state index contributed by atoms with van der Waals surface area (Å²) in [5, 5.41) is 15.6. The summed E-state index contributed by atoms with van der Waals surface area (Å²) >= 11 is 0. The molecule has 1 heterocycles. The molecule has 2 N–H and O–H groups in total. The summed E-state index contributed by atoms with van der Waals surface area (Å²) in [6.45, 7) is 9.85. The Morgan fingerprint density at radius 3 is 2.42 bits per heavy atom. The van der Waals surface area contributed by atoms with E-state index < -0.39 is 17.0 Å². The quantitative estimate of drug-likeness (QED) is 0.828. The molecule has 5 nitrogen and oxygen atoms in total. The van der Waals surface area contributed by atoms with Crippen LogP contribution >= 0.6 is 0 Å². The largest absolute Gasteiger partial charge is 0.469 e. The first-order chi connectivity index (χ1) is 11.1. The molecular formula is C19H30N2O3. The van der Waals surface area contributed by atoms with Crippen LogP contribution in [0.4, 0.5) is 0 Å². The van der Waals surface area contributed by atoms with E-state index in [0.29, 0.717) is 6.42 Å². The smallest absolute Gasteiger partial charge is 0.312 e. The van der Waals surface area contributed by atoms with E-state index in [1.165, 1.54) is 17.7 Å². The van der Waals surface area contributed by atoms with Crippen molar-refractivity contribution in [1.29, 1.82) is 0 Å². The maximum Gasteiger partial charge on any atom is 0.312 e. The molecule has 3 atom stereocenters. The molecule has 0 aliphatic carbocycles. The minimum absolute atomic E-state index is 0.0962. The number of rotatable bonds is 4. The third kappa shape index (κ3) is 3.48. The second kappa shape index (κ2) is 6.82. The lowest BCUT2D eigenvalue weighted by Gasteiger charge is -2.55. The van der Waals surface area contributed by atoms with Crippen molar-refractivity contribution >= 4 is 5.97 Å². The number of hydroxylamine groups is 2. The Balaban J connectivity index is 2.32. The second-order valence-electron chi connectivity index (χ2n) is 7.89. The molecule has 24 heavy (non-hydrogen) atoms. The molecule has 0 unspecified atom stereocenters. The van der Waals surface area contributed by atoms with E-state index >= 15 is 0 Å². The van der Waals surface area contributed by atoms with Crippen LogP contribution in [0.1, 0.15) is 52.6 Å². The number of ether oxygens (including phenoxy) is 1. The molecule has 5 heteroatoms. The zero-order valence-corrected chi connectivity index (χ0v) is 15.5. The van der Waals surface area contributed by atoms with Crippen LogP contribution in [0, 0.1) is 5.92 Å². The van der Waals surface area contributed by atoms with E-state index in [4.69, 9.17) is 4.74 Å². The summed E-state index contributed by atoms with van der Waals surface area (Å²) in [5.74, 6) is -0.765. The highest BCUT2D eigenvalue weighted by atomic mass is 16.5. The van der Waals surface area contributed by atoms with Crippen LogP contribution in [0.3, 0.4) is 0 Å². The Kier molecular flexibility index (Phi) is 5.37. The molecule has 2 rings (SSSR count). The zero-order chi connectivity index (χ0) is 18.1. The van der Waals surface area contributed by atoms with Gasteiger partial charge in [-0.3, -0.25) is 4.79 Å². The molecule has 0 bridgehead atoms. The number of nitrogens with one attached hydrogen (secondary N) is 1. The van der Waals surface area contributed by atoms with Crippen molar-refractivity contribution in [2.24, 2.45) is 5.92 Å². The molecule has 0 radical (unpaired) electrons. The lowest BCUT2D eigenvalue weighted by Crippen LogP contribution is -2.69. The average Bonchev–Trinajstić information content (AvgIpc) is 2.53. The first-order valence-corrected chi connectivity index (χ1v) is 8.49.